The van der Waals surface area contributed by atoms with Crippen LogP contribution in [0.2, 0.25) is 0 Å². The van der Waals surface area contributed by atoms with E-state index in [1.807, 2.05) is 78.2 Å². The Morgan fingerprint density at radius 3 is 1.44 bits per heavy atom. The average molecular weight is 832 g/mol. The van der Waals surface area contributed by atoms with Gasteiger partial charge < -0.3 is 44.8 Å². The van der Waals surface area contributed by atoms with Gasteiger partial charge in [0.15, 0.2) is 0 Å². The summed E-state index contributed by atoms with van der Waals surface area (Å²) < 4.78 is 6.75. The van der Waals surface area contributed by atoms with Gasteiger partial charge in [-0.05, 0) is 79.6 Å². The van der Waals surface area contributed by atoms with Crippen molar-refractivity contribution in [3.05, 3.63) is 68.6 Å². The second-order valence-electron chi connectivity index (χ2n) is 13.3. The Hall–Kier alpha value is -4.61. The highest BCUT2D eigenvalue weighted by molar-refractivity contribution is 14.1. The summed E-state index contributed by atoms with van der Waals surface area (Å²) in [5, 5.41) is 11.1. The molecule has 0 saturated carbocycles. The molecule has 0 spiro atoms. The summed E-state index contributed by atoms with van der Waals surface area (Å²) in [7, 11) is 5.21. The average Bonchev–Trinajstić information content (AvgIpc) is 3.85. The largest absolute Gasteiger partial charge is 0.359 e. The van der Waals surface area contributed by atoms with Crippen molar-refractivity contribution < 1.29 is 28.8 Å². The molecule has 3 atom stereocenters. The Balaban J connectivity index is 0.000000175. The minimum Gasteiger partial charge on any atom is -0.359 e. The van der Waals surface area contributed by atoms with Crippen molar-refractivity contribution in [2.24, 2.45) is 0 Å². The summed E-state index contributed by atoms with van der Waals surface area (Å²) in [5.41, 5.74) is 4.01. The van der Waals surface area contributed by atoms with E-state index in [0.717, 1.165) is 14.7 Å². The van der Waals surface area contributed by atoms with Gasteiger partial charge in [-0.25, -0.2) is 0 Å². The van der Waals surface area contributed by atoms with Crippen LogP contribution in [0.15, 0.2) is 36.8 Å². The highest BCUT2D eigenvalue weighted by Crippen LogP contribution is 2.24. The fourth-order valence-corrected chi connectivity index (χ4v) is 6.82. The first-order valence-electron chi connectivity index (χ1n) is 17.4. The van der Waals surface area contributed by atoms with Gasteiger partial charge in [-0.1, -0.05) is 0 Å². The van der Waals surface area contributed by atoms with Crippen molar-refractivity contribution in [3.8, 4) is 0 Å². The Kier molecular flexibility index (Phi) is 13.7. The van der Waals surface area contributed by atoms with E-state index in [-0.39, 0.29) is 53.6 Å². The Bertz CT molecular complexity index is 1720. The topological polar surface area (TPSA) is 172 Å². The number of rotatable bonds is 8. The van der Waals surface area contributed by atoms with E-state index in [4.69, 9.17) is 0 Å². The number of aryl methyl sites for hydroxylation is 2. The lowest BCUT2D eigenvalue weighted by atomic mass is 10.1. The minimum absolute atomic E-state index is 0.0151. The lowest BCUT2D eigenvalue weighted by molar-refractivity contribution is -0.131. The normalized spacial score (nSPS) is 18.4. The first-order chi connectivity index (χ1) is 24.7. The predicted molar refractivity (Wildman–Crippen MR) is 204 cm³/mol. The van der Waals surface area contributed by atoms with Gasteiger partial charge in [0.2, 0.25) is 17.7 Å². The number of fused-ring (bicyclic) bond motifs is 3. The van der Waals surface area contributed by atoms with Gasteiger partial charge in [-0.15, -0.1) is 0 Å². The van der Waals surface area contributed by atoms with Crippen molar-refractivity contribution in [2.45, 2.75) is 65.1 Å². The molecule has 0 fully saturated rings. The van der Waals surface area contributed by atoms with Gasteiger partial charge in [0.05, 0.1) is 18.1 Å². The molecule has 3 aromatic heterocycles. The number of aromatic nitrogens is 3. The lowest BCUT2D eigenvalue weighted by Crippen LogP contribution is -2.40. The summed E-state index contributed by atoms with van der Waals surface area (Å²) >= 11 is 2.18. The molecule has 0 radical (unpaired) electrons. The molecule has 52 heavy (non-hydrogen) atoms. The quantitative estimate of drug-likeness (QED) is 0.254. The first kappa shape index (κ1) is 40.2. The molecule has 0 aromatic carbocycles. The van der Waals surface area contributed by atoms with Crippen molar-refractivity contribution in [2.75, 3.05) is 53.9 Å². The molecule has 6 amide bonds. The molecular formula is C36H50IN9O6. The van der Waals surface area contributed by atoms with Crippen LogP contribution in [-0.2, 0) is 14.4 Å². The van der Waals surface area contributed by atoms with Crippen molar-refractivity contribution in [1.29, 1.82) is 0 Å². The Morgan fingerprint density at radius 1 is 0.692 bits per heavy atom. The molecule has 3 aliphatic rings. The van der Waals surface area contributed by atoms with E-state index in [1.54, 1.807) is 30.9 Å². The van der Waals surface area contributed by atoms with Gasteiger partial charge >= 0.3 is 0 Å². The molecule has 0 aliphatic carbocycles. The van der Waals surface area contributed by atoms with Crippen LogP contribution in [0.3, 0.4) is 0 Å². The van der Waals surface area contributed by atoms with Gasteiger partial charge in [-0.3, -0.25) is 28.8 Å². The highest BCUT2D eigenvalue weighted by atomic mass is 127. The maximum absolute atomic E-state index is 11.9. The Labute approximate surface area is 318 Å². The number of hydrogen-bond acceptors (Lipinski definition) is 6. The zero-order valence-electron chi connectivity index (χ0n) is 30.9. The van der Waals surface area contributed by atoms with Crippen molar-refractivity contribution in [1.82, 2.24) is 44.8 Å². The minimum atomic E-state index is -0.0683. The number of nitrogens with one attached hydrogen (secondary N) is 4. The second kappa shape index (κ2) is 17.7. The fraction of sp³-hybridized carbons (Fsp3) is 0.500. The number of nitrogens with zero attached hydrogens (tertiary/aromatic N) is 5. The Morgan fingerprint density at radius 2 is 1.06 bits per heavy atom. The summed E-state index contributed by atoms with van der Waals surface area (Å²) in [5.74, 6) is 0.00470. The molecule has 15 nitrogen and oxygen atoms in total. The molecule has 0 saturated heterocycles. The first-order valence-corrected chi connectivity index (χ1v) is 18.5. The van der Waals surface area contributed by atoms with Crippen LogP contribution in [-0.4, -0.2) is 113 Å². The molecule has 6 heterocycles. The highest BCUT2D eigenvalue weighted by Gasteiger charge is 2.29. The fourth-order valence-electron chi connectivity index (χ4n) is 6.23. The SMILES string of the molecule is CCN(C)C(=O)CC1CNC(=O)c2cc(C)cn21.CCN(C)C(=O)CC1CNC(=O)c2cc(I)cn21.CNC(=O)CC1CNC(=O)c2cc(C)cn21. The predicted octanol–water partition coefficient (Wildman–Crippen LogP) is 2.41. The second-order valence-corrected chi connectivity index (χ2v) is 14.5. The number of hydrogen-bond donors (Lipinski definition) is 4. The molecule has 282 valence electrons. The van der Waals surface area contributed by atoms with Gasteiger partial charge in [0.25, 0.3) is 17.7 Å². The maximum atomic E-state index is 11.9. The third-order valence-corrected chi connectivity index (χ3v) is 10.1. The van der Waals surface area contributed by atoms with Crippen molar-refractivity contribution >= 4 is 58.0 Å². The lowest BCUT2D eigenvalue weighted by Gasteiger charge is -2.27. The van der Waals surface area contributed by atoms with E-state index in [1.165, 1.54) is 0 Å². The maximum Gasteiger partial charge on any atom is 0.268 e. The van der Waals surface area contributed by atoms with E-state index in [9.17, 15) is 28.8 Å². The molecule has 0 bridgehead atoms. The third-order valence-electron chi connectivity index (χ3n) is 9.48. The summed E-state index contributed by atoms with van der Waals surface area (Å²) in [4.78, 5) is 73.6. The van der Waals surface area contributed by atoms with Crippen LogP contribution in [0, 0.1) is 17.4 Å². The molecule has 4 N–H and O–H groups in total. The zero-order chi connectivity index (χ0) is 38.3. The van der Waals surface area contributed by atoms with Crippen molar-refractivity contribution in [3.63, 3.8) is 0 Å². The number of halogens is 1. The van der Waals surface area contributed by atoms with E-state index in [2.05, 4.69) is 43.9 Å². The number of carbonyl (C=O) groups excluding carboxylic acids is 6. The van der Waals surface area contributed by atoms with Crippen LogP contribution in [0.1, 0.15) is 93.8 Å². The molecule has 3 aliphatic heterocycles. The van der Waals surface area contributed by atoms with Crippen LogP contribution >= 0.6 is 22.6 Å². The molecule has 3 unspecified atom stereocenters. The molecule has 6 rings (SSSR count). The molecule has 16 heteroatoms. The zero-order valence-corrected chi connectivity index (χ0v) is 33.1. The molecular weight excluding hydrogens is 781 g/mol. The van der Waals surface area contributed by atoms with Gasteiger partial charge in [-0.2, -0.15) is 0 Å². The van der Waals surface area contributed by atoms with Crippen LogP contribution in [0.5, 0.6) is 0 Å². The number of amides is 6. The van der Waals surface area contributed by atoms with Gasteiger partial charge in [0.1, 0.15) is 17.1 Å². The van der Waals surface area contributed by atoms with Crippen LogP contribution in [0.25, 0.3) is 0 Å². The van der Waals surface area contributed by atoms with E-state index >= 15 is 0 Å². The van der Waals surface area contributed by atoms with Crippen LogP contribution in [0.4, 0.5) is 0 Å². The van der Waals surface area contributed by atoms with Gasteiger partial charge in [0, 0.05) is 95.3 Å². The third kappa shape index (κ3) is 9.63. The van der Waals surface area contributed by atoms with Crippen LogP contribution < -0.4 is 21.3 Å². The summed E-state index contributed by atoms with van der Waals surface area (Å²) in [6.07, 6.45) is 7.02. The smallest absolute Gasteiger partial charge is 0.268 e. The summed E-state index contributed by atoms with van der Waals surface area (Å²) in [6.45, 7) is 10.7. The number of carbonyl (C=O) groups is 6. The standard InChI is InChI=1S/C13H19N3O2.C12H16IN3O2.C11H15N3O2/c1-4-15(3)12(17)6-10-7-14-13(18)11-5-9(2)8-16(10)11;1-3-15(2)11(17)5-9-6-14-12(18)10-4-8(13)7-16(9)10;1-7-3-9-11(16)13-5-8(14(9)6-7)4-10(15)12-2/h5,8,10H,4,6-7H2,1-3H3,(H,14,18);4,7,9H,3,5-6H2,1-2H3,(H,14,18);3,6,8H,4-5H2,1-2H3,(H,12,15)(H,13,16). The van der Waals surface area contributed by atoms with E-state index < -0.39 is 0 Å². The molecule has 3 aromatic rings. The summed E-state index contributed by atoms with van der Waals surface area (Å²) in [6, 6.07) is 5.59. The van der Waals surface area contributed by atoms with E-state index in [0.29, 0.717) is 69.1 Å². The monoisotopic (exact) mass is 831 g/mol.